The van der Waals surface area contributed by atoms with Gasteiger partial charge >= 0.3 is 6.18 Å². The molecule has 1 aromatic heterocycles. The van der Waals surface area contributed by atoms with Gasteiger partial charge in [0.15, 0.2) is 6.04 Å². The van der Waals surface area contributed by atoms with Crippen molar-refractivity contribution >= 4 is 11.7 Å². The maximum absolute atomic E-state index is 14.0. The first-order valence-electron chi connectivity index (χ1n) is 10.6. The van der Waals surface area contributed by atoms with Crippen LogP contribution < -0.4 is 5.32 Å². The van der Waals surface area contributed by atoms with Gasteiger partial charge in [-0.2, -0.15) is 18.3 Å². The van der Waals surface area contributed by atoms with E-state index < -0.39 is 23.9 Å². The van der Waals surface area contributed by atoms with Gasteiger partial charge in [-0.1, -0.05) is 26.0 Å². The van der Waals surface area contributed by atoms with Gasteiger partial charge in [-0.05, 0) is 37.3 Å². The Hall–Kier alpha value is -2.58. The van der Waals surface area contributed by atoms with Crippen molar-refractivity contribution in [3.8, 4) is 0 Å². The molecule has 2 aromatic rings. The third-order valence-electron chi connectivity index (χ3n) is 6.27. The van der Waals surface area contributed by atoms with E-state index in [2.05, 4.69) is 10.4 Å². The second-order valence-corrected chi connectivity index (χ2v) is 8.76. The van der Waals surface area contributed by atoms with E-state index in [0.29, 0.717) is 37.4 Å². The van der Waals surface area contributed by atoms with Crippen LogP contribution in [0.4, 0.5) is 23.4 Å². The van der Waals surface area contributed by atoms with Crippen molar-refractivity contribution in [2.24, 2.45) is 5.92 Å². The smallest absolute Gasteiger partial charge is 0.367 e. The highest BCUT2D eigenvalue weighted by molar-refractivity contribution is 5.94. The van der Waals surface area contributed by atoms with Crippen LogP contribution in [0.2, 0.25) is 0 Å². The summed E-state index contributed by atoms with van der Waals surface area (Å²) in [6.45, 7) is 4.57. The van der Waals surface area contributed by atoms with Crippen LogP contribution in [0.25, 0.3) is 0 Å². The van der Waals surface area contributed by atoms with Crippen LogP contribution in [0, 0.1) is 11.7 Å². The molecule has 2 aliphatic heterocycles. The summed E-state index contributed by atoms with van der Waals surface area (Å²) in [6, 6.07) is 5.52. The number of alkyl halides is 3. The monoisotopic (exact) mass is 438 g/mol. The largest absolute Gasteiger partial charge is 0.410 e. The number of fused-ring (bicyclic) bond motifs is 1. The second kappa shape index (κ2) is 8.16. The average molecular weight is 438 g/mol. The SMILES string of the molecule is CC(C)[C@@H]1C[C@H](C(F)(F)F)n2nc([C@@H]3CCCN(C(=O)c4ccccc4F)C3)cc2N1. The van der Waals surface area contributed by atoms with Crippen LogP contribution in [-0.2, 0) is 0 Å². The maximum Gasteiger partial charge on any atom is 0.410 e. The zero-order valence-corrected chi connectivity index (χ0v) is 17.5. The number of piperidine rings is 1. The van der Waals surface area contributed by atoms with Crippen molar-refractivity contribution in [3.63, 3.8) is 0 Å². The third kappa shape index (κ3) is 4.27. The maximum atomic E-state index is 14.0. The van der Waals surface area contributed by atoms with E-state index in [1.807, 2.05) is 13.8 Å². The zero-order valence-electron chi connectivity index (χ0n) is 17.5. The van der Waals surface area contributed by atoms with E-state index in [4.69, 9.17) is 0 Å². The van der Waals surface area contributed by atoms with Gasteiger partial charge in [0.1, 0.15) is 11.6 Å². The molecule has 4 rings (SSSR count). The predicted molar refractivity (Wildman–Crippen MR) is 108 cm³/mol. The van der Waals surface area contributed by atoms with Crippen LogP contribution in [0.5, 0.6) is 0 Å². The molecular formula is C22H26F4N4O. The van der Waals surface area contributed by atoms with Gasteiger partial charge < -0.3 is 10.2 Å². The highest BCUT2D eigenvalue weighted by Crippen LogP contribution is 2.42. The molecule has 0 aliphatic carbocycles. The van der Waals surface area contributed by atoms with E-state index in [0.717, 1.165) is 4.68 Å². The molecule has 0 spiro atoms. The van der Waals surface area contributed by atoms with Crippen LogP contribution in [-0.4, -0.2) is 45.9 Å². The molecule has 1 fully saturated rings. The number of hydrogen-bond acceptors (Lipinski definition) is 3. The molecule has 1 aromatic carbocycles. The van der Waals surface area contributed by atoms with Crippen LogP contribution in [0.3, 0.4) is 0 Å². The van der Waals surface area contributed by atoms with Gasteiger partial charge in [0.25, 0.3) is 5.91 Å². The minimum absolute atomic E-state index is 0.00543. The number of hydrogen-bond donors (Lipinski definition) is 1. The predicted octanol–water partition coefficient (Wildman–Crippen LogP) is 4.99. The molecule has 3 heterocycles. The fourth-order valence-electron chi connectivity index (χ4n) is 4.47. The summed E-state index contributed by atoms with van der Waals surface area (Å²) in [4.78, 5) is 14.4. The lowest BCUT2D eigenvalue weighted by Gasteiger charge is -2.35. The van der Waals surface area contributed by atoms with E-state index in [1.54, 1.807) is 17.0 Å². The van der Waals surface area contributed by atoms with Crippen molar-refractivity contribution in [1.29, 1.82) is 0 Å². The number of nitrogens with zero attached hydrogens (tertiary/aromatic N) is 3. The topological polar surface area (TPSA) is 50.2 Å². The molecule has 0 radical (unpaired) electrons. The summed E-state index contributed by atoms with van der Waals surface area (Å²) in [5.41, 5.74) is 0.540. The van der Waals surface area contributed by atoms with E-state index in [1.165, 1.54) is 18.2 Å². The number of nitrogens with one attached hydrogen (secondary N) is 1. The van der Waals surface area contributed by atoms with Gasteiger partial charge in [-0.25, -0.2) is 9.07 Å². The molecule has 0 saturated carbocycles. The Bertz CT molecular complexity index is 955. The molecule has 3 atom stereocenters. The molecular weight excluding hydrogens is 412 g/mol. The number of aromatic nitrogens is 2. The van der Waals surface area contributed by atoms with Gasteiger partial charge in [-0.3, -0.25) is 4.79 Å². The number of carbonyl (C=O) groups is 1. The minimum Gasteiger partial charge on any atom is -0.367 e. The van der Waals surface area contributed by atoms with Gasteiger partial charge in [-0.15, -0.1) is 0 Å². The molecule has 0 bridgehead atoms. The summed E-state index contributed by atoms with van der Waals surface area (Å²) in [7, 11) is 0. The van der Waals surface area contributed by atoms with Gasteiger partial charge in [0.05, 0.1) is 11.3 Å². The highest BCUT2D eigenvalue weighted by atomic mass is 19.4. The number of benzene rings is 1. The number of anilines is 1. The summed E-state index contributed by atoms with van der Waals surface area (Å²) in [5, 5.41) is 7.52. The number of likely N-dealkylation sites (tertiary alicyclic amines) is 1. The Labute approximate surface area is 178 Å². The van der Waals surface area contributed by atoms with Gasteiger partial charge in [0, 0.05) is 31.1 Å². The molecule has 1 amide bonds. The Balaban J connectivity index is 1.58. The quantitative estimate of drug-likeness (QED) is 0.688. The van der Waals surface area contributed by atoms with Crippen molar-refractivity contribution in [2.45, 2.75) is 57.3 Å². The third-order valence-corrected chi connectivity index (χ3v) is 6.27. The summed E-state index contributed by atoms with van der Waals surface area (Å²) in [5.74, 6) is -0.780. The number of rotatable bonds is 3. The summed E-state index contributed by atoms with van der Waals surface area (Å²) < 4.78 is 56.3. The van der Waals surface area contributed by atoms with E-state index >= 15 is 0 Å². The number of amides is 1. The standard InChI is InChI=1S/C22H26F4N4O/c1-13(2)17-10-19(22(24,25)26)30-20(27-17)11-18(28-30)14-6-5-9-29(12-14)21(31)15-7-3-4-8-16(15)23/h3-4,7-8,11,13-14,17,19,27H,5-6,9-10,12H2,1-2H3/t14-,17+,19-/m1/s1. The molecule has 31 heavy (non-hydrogen) atoms. The van der Waals surface area contributed by atoms with Crippen LogP contribution >= 0.6 is 0 Å². The van der Waals surface area contributed by atoms with E-state index in [-0.39, 0.29) is 29.9 Å². The average Bonchev–Trinajstić information content (AvgIpc) is 3.16. The first-order valence-corrected chi connectivity index (χ1v) is 10.6. The molecule has 2 aliphatic rings. The van der Waals surface area contributed by atoms with Crippen molar-refractivity contribution in [2.75, 3.05) is 18.4 Å². The number of carbonyl (C=O) groups excluding carboxylic acids is 1. The van der Waals surface area contributed by atoms with Crippen molar-refractivity contribution in [3.05, 3.63) is 47.4 Å². The van der Waals surface area contributed by atoms with E-state index in [9.17, 15) is 22.4 Å². The fourth-order valence-corrected chi connectivity index (χ4v) is 4.47. The Kier molecular flexibility index (Phi) is 5.70. The van der Waals surface area contributed by atoms with Crippen LogP contribution in [0.1, 0.15) is 61.1 Å². The lowest BCUT2D eigenvalue weighted by molar-refractivity contribution is -0.174. The van der Waals surface area contributed by atoms with Crippen molar-refractivity contribution < 1.29 is 22.4 Å². The number of halogens is 4. The van der Waals surface area contributed by atoms with Crippen molar-refractivity contribution in [1.82, 2.24) is 14.7 Å². The molecule has 168 valence electrons. The molecule has 9 heteroatoms. The zero-order chi connectivity index (χ0) is 22.3. The first-order chi connectivity index (χ1) is 14.6. The lowest BCUT2D eigenvalue weighted by atomic mass is 9.93. The Morgan fingerprint density at radius 1 is 1.26 bits per heavy atom. The fraction of sp³-hybridized carbons (Fsp3) is 0.545. The minimum atomic E-state index is -4.40. The normalized spacial score (nSPS) is 24.1. The lowest BCUT2D eigenvalue weighted by Crippen LogP contribution is -2.41. The highest BCUT2D eigenvalue weighted by Gasteiger charge is 2.47. The summed E-state index contributed by atoms with van der Waals surface area (Å²) in [6.07, 6.45) is -3.08. The Morgan fingerprint density at radius 3 is 2.68 bits per heavy atom. The summed E-state index contributed by atoms with van der Waals surface area (Å²) >= 11 is 0. The van der Waals surface area contributed by atoms with Gasteiger partial charge in [0.2, 0.25) is 0 Å². The molecule has 1 saturated heterocycles. The Morgan fingerprint density at radius 2 is 2.00 bits per heavy atom. The molecule has 0 unspecified atom stereocenters. The second-order valence-electron chi connectivity index (χ2n) is 8.76. The molecule has 1 N–H and O–H groups in total. The first kappa shape index (κ1) is 21.6. The van der Waals surface area contributed by atoms with Crippen LogP contribution in [0.15, 0.2) is 30.3 Å². The molecule has 5 nitrogen and oxygen atoms in total.